The summed E-state index contributed by atoms with van der Waals surface area (Å²) in [6.07, 6.45) is -0.895. The van der Waals surface area contributed by atoms with Crippen molar-refractivity contribution in [2.45, 2.75) is 0 Å². The average Bonchev–Trinajstić information content (AvgIpc) is 2.72. The van der Waals surface area contributed by atoms with Gasteiger partial charge in [0, 0.05) is 5.56 Å². The summed E-state index contributed by atoms with van der Waals surface area (Å²) < 4.78 is 6.48. The number of benzene rings is 2. The molecular weight excluding hydrogens is 268 g/mol. The molecule has 6 heteroatoms. The van der Waals surface area contributed by atoms with Crippen LogP contribution in [0.3, 0.4) is 0 Å². The zero-order valence-corrected chi connectivity index (χ0v) is 11.1. The summed E-state index contributed by atoms with van der Waals surface area (Å²) in [5.41, 5.74) is 13.9. The molecule has 0 aliphatic rings. The predicted molar refractivity (Wildman–Crippen MR) is 82.1 cm³/mol. The Kier molecular flexibility index (Phi) is 2.91. The minimum absolute atomic E-state index is 0.291. The molecule has 0 bridgehead atoms. The molecule has 1 heterocycles. The van der Waals surface area contributed by atoms with Gasteiger partial charge < -0.3 is 22.0 Å². The van der Waals surface area contributed by atoms with Crippen molar-refractivity contribution in [2.24, 2.45) is 5.73 Å². The quantitative estimate of drug-likeness (QED) is 0.625. The topological polar surface area (TPSA) is 109 Å². The lowest BCUT2D eigenvalue weighted by atomic mass is 10.1. The van der Waals surface area contributed by atoms with Crippen LogP contribution >= 0.6 is 0 Å². The summed E-state index contributed by atoms with van der Waals surface area (Å²) in [6.45, 7) is 0. The van der Waals surface area contributed by atoms with Crippen LogP contribution in [0.4, 0.5) is 10.5 Å². The Hall–Kier alpha value is -3.15. The highest BCUT2D eigenvalue weighted by molar-refractivity contribution is 6.05. The molecule has 0 fully saturated rings. The van der Waals surface area contributed by atoms with E-state index in [9.17, 15) is 4.79 Å². The van der Waals surface area contributed by atoms with Gasteiger partial charge in [0.15, 0.2) is 0 Å². The lowest BCUT2D eigenvalue weighted by Gasteiger charge is -2.04. The fraction of sp³-hybridized carbons (Fsp3) is 0. The highest BCUT2D eigenvalue weighted by Crippen LogP contribution is 2.39. The van der Waals surface area contributed by atoms with E-state index in [0.29, 0.717) is 28.0 Å². The number of nitrogen functional groups attached to an aromatic ring is 2. The van der Waals surface area contributed by atoms with Gasteiger partial charge in [0.1, 0.15) is 5.75 Å². The van der Waals surface area contributed by atoms with E-state index in [1.165, 1.54) is 4.68 Å². The maximum Gasteiger partial charge on any atom is 0.409 e. The van der Waals surface area contributed by atoms with Gasteiger partial charge in [-0.3, -0.25) is 4.68 Å². The standard InChI is InChI=1S/C15H14N4O2/c16-13-12-10(7-4-8-11(12)21-15(17)20)19(18)14(13)9-5-2-1-3-6-9/h1-8H,16,18H2,(H2,17,20). The van der Waals surface area contributed by atoms with Crippen molar-refractivity contribution in [1.82, 2.24) is 4.68 Å². The Labute approximate surface area is 120 Å². The molecule has 0 atom stereocenters. The number of rotatable bonds is 2. The molecule has 3 aromatic rings. The maximum atomic E-state index is 11.0. The normalized spacial score (nSPS) is 10.7. The minimum atomic E-state index is -0.895. The molecule has 6 nitrogen and oxygen atoms in total. The van der Waals surface area contributed by atoms with E-state index >= 15 is 0 Å². The van der Waals surface area contributed by atoms with Crippen LogP contribution in [-0.4, -0.2) is 10.8 Å². The van der Waals surface area contributed by atoms with E-state index in [1.807, 2.05) is 30.3 Å². The summed E-state index contributed by atoms with van der Waals surface area (Å²) >= 11 is 0. The first-order chi connectivity index (χ1) is 10.1. The van der Waals surface area contributed by atoms with Crippen molar-refractivity contribution in [3.8, 4) is 17.0 Å². The Morgan fingerprint density at radius 3 is 2.43 bits per heavy atom. The monoisotopic (exact) mass is 282 g/mol. The Bertz CT molecular complexity index is 825. The van der Waals surface area contributed by atoms with Gasteiger partial charge >= 0.3 is 6.09 Å². The van der Waals surface area contributed by atoms with E-state index in [1.54, 1.807) is 18.2 Å². The average molecular weight is 282 g/mol. The van der Waals surface area contributed by atoms with E-state index in [-0.39, 0.29) is 0 Å². The number of aromatic nitrogens is 1. The molecule has 0 radical (unpaired) electrons. The van der Waals surface area contributed by atoms with Crippen molar-refractivity contribution in [1.29, 1.82) is 0 Å². The number of hydrogen-bond acceptors (Lipinski definition) is 4. The highest BCUT2D eigenvalue weighted by atomic mass is 16.5. The summed E-state index contributed by atoms with van der Waals surface area (Å²) in [5.74, 6) is 6.43. The highest BCUT2D eigenvalue weighted by Gasteiger charge is 2.19. The first-order valence-corrected chi connectivity index (χ1v) is 6.30. The first-order valence-electron chi connectivity index (χ1n) is 6.30. The number of nitrogens with two attached hydrogens (primary N) is 3. The second-order valence-corrected chi connectivity index (χ2v) is 4.57. The van der Waals surface area contributed by atoms with Crippen LogP contribution in [0.2, 0.25) is 0 Å². The first kappa shape index (κ1) is 12.9. The molecule has 6 N–H and O–H groups in total. The molecule has 2 aromatic carbocycles. The fourth-order valence-electron chi connectivity index (χ4n) is 2.44. The smallest absolute Gasteiger partial charge is 0.409 e. The van der Waals surface area contributed by atoms with E-state index in [0.717, 1.165) is 5.56 Å². The number of nitrogens with zero attached hydrogens (tertiary/aromatic N) is 1. The molecule has 0 saturated heterocycles. The molecule has 1 aromatic heterocycles. The van der Waals surface area contributed by atoms with Crippen LogP contribution < -0.4 is 22.0 Å². The molecule has 21 heavy (non-hydrogen) atoms. The van der Waals surface area contributed by atoms with Crippen LogP contribution in [0, 0.1) is 0 Å². The summed E-state index contributed by atoms with van der Waals surface area (Å²) in [7, 11) is 0. The van der Waals surface area contributed by atoms with Gasteiger partial charge in [0.25, 0.3) is 0 Å². The van der Waals surface area contributed by atoms with Gasteiger partial charge in [0.2, 0.25) is 0 Å². The zero-order chi connectivity index (χ0) is 15.0. The van der Waals surface area contributed by atoms with Crippen molar-refractivity contribution in [3.05, 3.63) is 48.5 Å². The Morgan fingerprint density at radius 1 is 1.05 bits per heavy atom. The van der Waals surface area contributed by atoms with Crippen LogP contribution in [0.25, 0.3) is 22.2 Å². The molecule has 1 amide bonds. The van der Waals surface area contributed by atoms with Crippen LogP contribution in [0.5, 0.6) is 5.75 Å². The molecule has 0 aliphatic heterocycles. The summed E-state index contributed by atoms with van der Waals surface area (Å²) in [6, 6.07) is 14.7. The number of primary amides is 1. The van der Waals surface area contributed by atoms with Crippen molar-refractivity contribution >= 4 is 22.7 Å². The molecule has 0 aliphatic carbocycles. The van der Waals surface area contributed by atoms with Gasteiger partial charge in [0.05, 0.1) is 22.3 Å². The largest absolute Gasteiger partial charge is 0.410 e. The maximum absolute atomic E-state index is 11.0. The predicted octanol–water partition coefficient (Wildman–Crippen LogP) is 2.06. The van der Waals surface area contributed by atoms with E-state index < -0.39 is 6.09 Å². The van der Waals surface area contributed by atoms with Gasteiger partial charge in [-0.15, -0.1) is 0 Å². The molecule has 106 valence electrons. The van der Waals surface area contributed by atoms with E-state index in [4.69, 9.17) is 22.0 Å². The van der Waals surface area contributed by atoms with Gasteiger partial charge in [-0.05, 0) is 12.1 Å². The SMILES string of the molecule is NC(=O)Oc1cccc2c1c(N)c(-c1ccccc1)n2N. The number of fused-ring (bicyclic) bond motifs is 1. The zero-order valence-electron chi connectivity index (χ0n) is 11.1. The lowest BCUT2D eigenvalue weighted by molar-refractivity contribution is 0.211. The number of ether oxygens (including phenoxy) is 1. The summed E-state index contributed by atoms with van der Waals surface area (Å²) in [5, 5.41) is 0.567. The third kappa shape index (κ3) is 2.02. The second kappa shape index (κ2) is 4.75. The minimum Gasteiger partial charge on any atom is -0.410 e. The van der Waals surface area contributed by atoms with Crippen LogP contribution in [-0.2, 0) is 0 Å². The Balaban J connectivity index is 2.31. The number of carbonyl (C=O) groups is 1. The third-order valence-corrected chi connectivity index (χ3v) is 3.29. The number of anilines is 1. The van der Waals surface area contributed by atoms with Crippen molar-refractivity contribution in [2.75, 3.05) is 11.6 Å². The summed E-state index contributed by atoms with van der Waals surface area (Å²) in [4.78, 5) is 11.0. The van der Waals surface area contributed by atoms with Gasteiger partial charge in [-0.2, -0.15) is 0 Å². The van der Waals surface area contributed by atoms with Crippen LogP contribution in [0.15, 0.2) is 48.5 Å². The molecule has 0 unspecified atom stereocenters. The van der Waals surface area contributed by atoms with Gasteiger partial charge in [-0.25, -0.2) is 4.79 Å². The van der Waals surface area contributed by atoms with Crippen LogP contribution in [0.1, 0.15) is 0 Å². The number of amides is 1. The molecule has 3 rings (SSSR count). The second-order valence-electron chi connectivity index (χ2n) is 4.57. The fourth-order valence-corrected chi connectivity index (χ4v) is 2.44. The third-order valence-electron chi connectivity index (χ3n) is 3.29. The molecule has 0 spiro atoms. The van der Waals surface area contributed by atoms with Crippen molar-refractivity contribution < 1.29 is 9.53 Å². The number of hydrogen-bond donors (Lipinski definition) is 3. The van der Waals surface area contributed by atoms with Crippen molar-refractivity contribution in [3.63, 3.8) is 0 Å². The molecule has 0 saturated carbocycles. The lowest BCUT2D eigenvalue weighted by Crippen LogP contribution is -2.16. The Morgan fingerprint density at radius 2 is 1.76 bits per heavy atom. The van der Waals surface area contributed by atoms with Gasteiger partial charge in [-0.1, -0.05) is 36.4 Å². The molecular formula is C15H14N4O2. The van der Waals surface area contributed by atoms with E-state index in [2.05, 4.69) is 0 Å². The number of carbonyl (C=O) groups excluding carboxylic acids is 1.